The monoisotopic (exact) mass is 314 g/mol. The Morgan fingerprint density at radius 2 is 2.10 bits per heavy atom. The fraction of sp³-hybridized carbons (Fsp3) is 0.533. The van der Waals surface area contributed by atoms with E-state index in [0.29, 0.717) is 17.7 Å². The minimum absolute atomic E-state index is 0.0219. The summed E-state index contributed by atoms with van der Waals surface area (Å²) in [5.74, 6) is -0.0152. The number of esters is 1. The SMILES string of the molecule is COc1ccc([C@H](O)C(C)(C)CCOC(=O)CS)cc1O. The first-order valence-electron chi connectivity index (χ1n) is 6.63. The smallest absolute Gasteiger partial charge is 0.315 e. The van der Waals surface area contributed by atoms with Crippen LogP contribution in [0.2, 0.25) is 0 Å². The van der Waals surface area contributed by atoms with Gasteiger partial charge >= 0.3 is 5.97 Å². The van der Waals surface area contributed by atoms with E-state index in [0.717, 1.165) is 0 Å². The molecule has 0 spiro atoms. The highest BCUT2D eigenvalue weighted by Gasteiger charge is 2.29. The number of hydrogen-bond acceptors (Lipinski definition) is 6. The molecular formula is C15H22O5S. The molecule has 0 aliphatic rings. The van der Waals surface area contributed by atoms with Gasteiger partial charge in [-0.3, -0.25) is 4.79 Å². The molecule has 1 aromatic rings. The highest BCUT2D eigenvalue weighted by atomic mass is 32.1. The van der Waals surface area contributed by atoms with E-state index in [9.17, 15) is 15.0 Å². The molecule has 1 aromatic carbocycles. The number of aliphatic hydroxyl groups excluding tert-OH is 1. The predicted octanol–water partition coefficient (Wildman–Crippen LogP) is 2.32. The topological polar surface area (TPSA) is 76.0 Å². The van der Waals surface area contributed by atoms with Crippen molar-refractivity contribution in [3.63, 3.8) is 0 Å². The van der Waals surface area contributed by atoms with Crippen molar-refractivity contribution in [3.05, 3.63) is 23.8 Å². The van der Waals surface area contributed by atoms with E-state index in [-0.39, 0.29) is 24.1 Å². The average molecular weight is 314 g/mol. The second-order valence-corrected chi connectivity index (χ2v) is 5.77. The zero-order valence-corrected chi connectivity index (χ0v) is 13.4. The zero-order chi connectivity index (χ0) is 16.0. The molecule has 0 radical (unpaired) electrons. The van der Waals surface area contributed by atoms with Crippen LogP contribution in [0.15, 0.2) is 18.2 Å². The van der Waals surface area contributed by atoms with Crippen LogP contribution in [-0.4, -0.2) is 35.7 Å². The minimum atomic E-state index is -0.802. The molecule has 1 rings (SSSR count). The van der Waals surface area contributed by atoms with Crippen molar-refractivity contribution in [1.29, 1.82) is 0 Å². The highest BCUT2D eigenvalue weighted by molar-refractivity contribution is 7.81. The number of hydrogen-bond donors (Lipinski definition) is 3. The Balaban J connectivity index is 2.73. The fourth-order valence-electron chi connectivity index (χ4n) is 1.94. The Labute approximate surface area is 130 Å². The largest absolute Gasteiger partial charge is 0.504 e. The summed E-state index contributed by atoms with van der Waals surface area (Å²) in [7, 11) is 1.46. The van der Waals surface area contributed by atoms with E-state index in [1.54, 1.807) is 12.1 Å². The van der Waals surface area contributed by atoms with Gasteiger partial charge in [-0.2, -0.15) is 12.6 Å². The average Bonchev–Trinajstić information content (AvgIpc) is 2.45. The van der Waals surface area contributed by atoms with Gasteiger partial charge in [0.25, 0.3) is 0 Å². The second-order valence-electron chi connectivity index (χ2n) is 5.45. The van der Waals surface area contributed by atoms with Crippen LogP contribution >= 0.6 is 12.6 Å². The second kappa shape index (κ2) is 7.56. The van der Waals surface area contributed by atoms with Gasteiger partial charge in [-0.15, -0.1) is 0 Å². The van der Waals surface area contributed by atoms with Crippen LogP contribution in [0.25, 0.3) is 0 Å². The Morgan fingerprint density at radius 1 is 1.43 bits per heavy atom. The van der Waals surface area contributed by atoms with Crippen molar-refractivity contribution in [2.75, 3.05) is 19.5 Å². The molecule has 0 aliphatic carbocycles. The lowest BCUT2D eigenvalue weighted by Crippen LogP contribution is -2.24. The molecule has 0 saturated carbocycles. The molecule has 0 fully saturated rings. The summed E-state index contributed by atoms with van der Waals surface area (Å²) in [6.07, 6.45) is -0.315. The lowest BCUT2D eigenvalue weighted by Gasteiger charge is -2.30. The number of aromatic hydroxyl groups is 1. The van der Waals surface area contributed by atoms with Crippen molar-refractivity contribution in [1.82, 2.24) is 0 Å². The van der Waals surface area contributed by atoms with Crippen LogP contribution in [0.4, 0.5) is 0 Å². The van der Waals surface area contributed by atoms with Crippen LogP contribution in [0, 0.1) is 5.41 Å². The van der Waals surface area contributed by atoms with E-state index in [1.165, 1.54) is 13.2 Å². The fourth-order valence-corrected chi connectivity index (χ4v) is 2.03. The highest BCUT2D eigenvalue weighted by Crippen LogP contribution is 2.39. The number of methoxy groups -OCH3 is 1. The predicted molar refractivity (Wildman–Crippen MR) is 82.8 cm³/mol. The Kier molecular flexibility index (Phi) is 6.36. The van der Waals surface area contributed by atoms with Gasteiger partial charge < -0.3 is 19.7 Å². The van der Waals surface area contributed by atoms with E-state index < -0.39 is 11.5 Å². The van der Waals surface area contributed by atoms with Gasteiger partial charge in [0.1, 0.15) is 0 Å². The number of thiol groups is 1. The molecule has 6 heteroatoms. The number of rotatable bonds is 7. The molecule has 0 aromatic heterocycles. The Hall–Kier alpha value is -1.40. The van der Waals surface area contributed by atoms with Crippen molar-refractivity contribution in [2.45, 2.75) is 26.4 Å². The van der Waals surface area contributed by atoms with E-state index in [4.69, 9.17) is 9.47 Å². The van der Waals surface area contributed by atoms with Gasteiger partial charge in [0, 0.05) is 0 Å². The Morgan fingerprint density at radius 3 is 2.62 bits per heavy atom. The normalized spacial score (nSPS) is 12.8. The molecule has 21 heavy (non-hydrogen) atoms. The molecule has 0 saturated heterocycles. The first-order valence-corrected chi connectivity index (χ1v) is 7.26. The van der Waals surface area contributed by atoms with Gasteiger partial charge in [0.05, 0.1) is 25.6 Å². The molecule has 5 nitrogen and oxygen atoms in total. The van der Waals surface area contributed by atoms with Crippen LogP contribution in [0.1, 0.15) is 31.9 Å². The van der Waals surface area contributed by atoms with Crippen molar-refractivity contribution in [3.8, 4) is 11.5 Å². The van der Waals surface area contributed by atoms with Crippen LogP contribution in [0.5, 0.6) is 11.5 Å². The number of carbonyl (C=O) groups is 1. The van der Waals surface area contributed by atoms with E-state index >= 15 is 0 Å². The molecule has 1 atom stereocenters. The first-order chi connectivity index (χ1) is 9.81. The van der Waals surface area contributed by atoms with Crippen molar-refractivity contribution in [2.24, 2.45) is 5.41 Å². The number of phenolic OH excluding ortho intramolecular Hbond substituents is 1. The van der Waals surface area contributed by atoms with Crippen molar-refractivity contribution >= 4 is 18.6 Å². The van der Waals surface area contributed by atoms with Gasteiger partial charge in [-0.25, -0.2) is 0 Å². The summed E-state index contributed by atoms with van der Waals surface area (Å²) >= 11 is 3.83. The third-order valence-corrected chi connectivity index (χ3v) is 3.66. The van der Waals surface area contributed by atoms with Crippen LogP contribution in [0.3, 0.4) is 0 Å². The first kappa shape index (κ1) is 17.7. The molecule has 0 aliphatic heterocycles. The summed E-state index contributed by atoms with van der Waals surface area (Å²) in [6.45, 7) is 3.95. The van der Waals surface area contributed by atoms with Gasteiger partial charge in [-0.05, 0) is 29.5 Å². The van der Waals surface area contributed by atoms with Crippen LogP contribution in [-0.2, 0) is 9.53 Å². The summed E-state index contributed by atoms with van der Waals surface area (Å²) in [5.41, 5.74) is 0.0663. The number of ether oxygens (including phenoxy) is 2. The third kappa shape index (κ3) is 4.82. The maximum Gasteiger partial charge on any atom is 0.315 e. The number of phenols is 1. The minimum Gasteiger partial charge on any atom is -0.504 e. The number of carbonyl (C=O) groups excluding carboxylic acids is 1. The van der Waals surface area contributed by atoms with E-state index in [1.807, 2.05) is 13.8 Å². The molecular weight excluding hydrogens is 292 g/mol. The quantitative estimate of drug-likeness (QED) is 0.532. The number of aliphatic hydroxyl groups is 1. The van der Waals surface area contributed by atoms with Crippen LogP contribution < -0.4 is 4.74 Å². The van der Waals surface area contributed by atoms with Gasteiger partial charge in [-0.1, -0.05) is 19.9 Å². The maximum absolute atomic E-state index is 11.0. The van der Waals surface area contributed by atoms with Gasteiger partial charge in [0.2, 0.25) is 0 Å². The summed E-state index contributed by atoms with van der Waals surface area (Å²) in [6, 6.07) is 4.78. The summed E-state index contributed by atoms with van der Waals surface area (Å²) in [5, 5.41) is 20.2. The number of benzene rings is 1. The van der Waals surface area contributed by atoms with Gasteiger partial charge in [0.15, 0.2) is 11.5 Å². The Bertz CT molecular complexity index is 487. The molecule has 0 heterocycles. The molecule has 0 bridgehead atoms. The molecule has 118 valence electrons. The zero-order valence-electron chi connectivity index (χ0n) is 12.5. The molecule has 2 N–H and O–H groups in total. The van der Waals surface area contributed by atoms with Crippen molar-refractivity contribution < 1.29 is 24.5 Å². The lowest BCUT2D eigenvalue weighted by atomic mass is 9.80. The standard InChI is InChI=1S/C15H22O5S/c1-15(2,6-7-20-13(17)9-21)14(18)10-4-5-12(19-3)11(16)8-10/h4-5,8,14,16,18,21H,6-7,9H2,1-3H3/t14-/m0/s1. The summed E-state index contributed by atoms with van der Waals surface area (Å²) < 4.78 is 9.95. The molecule has 0 unspecified atom stereocenters. The summed E-state index contributed by atoms with van der Waals surface area (Å²) in [4.78, 5) is 11.0. The maximum atomic E-state index is 11.0. The van der Waals surface area contributed by atoms with E-state index in [2.05, 4.69) is 12.6 Å². The molecule has 0 amide bonds. The third-order valence-electron chi connectivity index (χ3n) is 3.40. The lowest BCUT2D eigenvalue weighted by molar-refractivity contribution is -0.141.